The minimum absolute atomic E-state index is 0.0634. The normalized spacial score (nSPS) is 11.7. The molecule has 182 valence electrons. The summed E-state index contributed by atoms with van der Waals surface area (Å²) < 4.78 is 70.8. The highest BCUT2D eigenvalue weighted by molar-refractivity contribution is 7.92. The Morgan fingerprint density at radius 3 is 2.56 bits per heavy atom. The predicted octanol–water partition coefficient (Wildman–Crippen LogP) is 3.96. The first-order valence-electron chi connectivity index (χ1n) is 9.87. The summed E-state index contributed by atoms with van der Waals surface area (Å²) in [4.78, 5) is 11.9. The number of aryl methyl sites for hydroxylation is 1. The molecule has 0 atom stereocenters. The zero-order valence-corrected chi connectivity index (χ0v) is 19.6. The summed E-state index contributed by atoms with van der Waals surface area (Å²) in [6.07, 6.45) is -1.64. The van der Waals surface area contributed by atoms with Gasteiger partial charge in [0, 0.05) is 43.3 Å². The van der Waals surface area contributed by atoms with Crippen molar-refractivity contribution < 1.29 is 26.3 Å². The summed E-state index contributed by atoms with van der Waals surface area (Å²) in [5.74, 6) is 0.108. The summed E-state index contributed by atoms with van der Waals surface area (Å²) in [5, 5.41) is 5.55. The minimum Gasteiger partial charge on any atom is -0.497 e. The van der Waals surface area contributed by atoms with E-state index in [1.807, 2.05) is 6.92 Å². The number of rotatable bonds is 8. The fraction of sp³-hybridized carbons (Fsp3) is 0.286. The lowest BCUT2D eigenvalue weighted by Gasteiger charge is -2.20. The maximum atomic E-state index is 13.6. The number of alkyl halides is 3. The van der Waals surface area contributed by atoms with E-state index in [0.717, 1.165) is 16.1 Å². The molecule has 2 heterocycles. The van der Waals surface area contributed by atoms with E-state index in [4.69, 9.17) is 4.74 Å². The molecule has 2 N–H and O–H groups in total. The quantitative estimate of drug-likeness (QED) is 0.482. The molecular formula is C21H23F3N6O3S. The Morgan fingerprint density at radius 1 is 1.18 bits per heavy atom. The van der Waals surface area contributed by atoms with Crippen molar-refractivity contribution in [2.24, 2.45) is 0 Å². The molecule has 0 bridgehead atoms. The lowest BCUT2D eigenvalue weighted by Crippen LogP contribution is -2.27. The molecule has 0 unspecified atom stereocenters. The van der Waals surface area contributed by atoms with Gasteiger partial charge < -0.3 is 15.4 Å². The molecule has 13 heteroatoms. The predicted molar refractivity (Wildman–Crippen MR) is 123 cm³/mol. The van der Waals surface area contributed by atoms with E-state index in [1.54, 1.807) is 30.3 Å². The molecule has 3 aromatic rings. The number of pyridine rings is 1. The van der Waals surface area contributed by atoms with Crippen LogP contribution in [0, 0.1) is 6.92 Å². The Balaban J connectivity index is 1.94. The number of hydrogen-bond acceptors (Lipinski definition) is 8. The fourth-order valence-electron chi connectivity index (χ4n) is 2.96. The molecule has 9 nitrogen and oxygen atoms in total. The standard InChI is InChI=1S/C21H23F3N6O3S/c1-13-7-8-15(33-3)10-17(13)28-20-27-12-16(21(22,23)24)18(29-20)26-11-14-6-5-9-25-19(14)30(2)34(4,31)32/h5-10,12H,11H2,1-4H3,(H2,26,27,28,29). The zero-order valence-electron chi connectivity index (χ0n) is 18.8. The van der Waals surface area contributed by atoms with Gasteiger partial charge in [0.1, 0.15) is 22.9 Å². The number of aromatic nitrogens is 3. The summed E-state index contributed by atoms with van der Waals surface area (Å²) in [6, 6.07) is 8.32. The third kappa shape index (κ3) is 5.84. The van der Waals surface area contributed by atoms with Gasteiger partial charge in [-0.25, -0.2) is 18.4 Å². The number of benzene rings is 1. The van der Waals surface area contributed by atoms with Crippen LogP contribution in [-0.4, -0.2) is 43.8 Å². The van der Waals surface area contributed by atoms with Gasteiger partial charge in [0.2, 0.25) is 16.0 Å². The van der Waals surface area contributed by atoms with Gasteiger partial charge in [-0.1, -0.05) is 12.1 Å². The van der Waals surface area contributed by atoms with Gasteiger partial charge >= 0.3 is 6.18 Å². The van der Waals surface area contributed by atoms with Crippen LogP contribution in [0.1, 0.15) is 16.7 Å². The summed E-state index contributed by atoms with van der Waals surface area (Å²) in [7, 11) is -0.817. The van der Waals surface area contributed by atoms with Crippen LogP contribution < -0.4 is 19.7 Å². The number of anilines is 4. The van der Waals surface area contributed by atoms with Crippen LogP contribution in [0.25, 0.3) is 0 Å². The molecule has 3 rings (SSSR count). The van der Waals surface area contributed by atoms with Gasteiger partial charge in [-0.15, -0.1) is 0 Å². The molecule has 0 aliphatic rings. The van der Waals surface area contributed by atoms with Crippen LogP contribution in [0.5, 0.6) is 5.75 Å². The van der Waals surface area contributed by atoms with Crippen molar-refractivity contribution in [3.8, 4) is 5.75 Å². The van der Waals surface area contributed by atoms with Crippen molar-refractivity contribution in [1.29, 1.82) is 0 Å². The topological polar surface area (TPSA) is 109 Å². The van der Waals surface area contributed by atoms with E-state index < -0.39 is 27.6 Å². The van der Waals surface area contributed by atoms with Crippen molar-refractivity contribution >= 4 is 33.3 Å². The van der Waals surface area contributed by atoms with Crippen molar-refractivity contribution in [1.82, 2.24) is 15.0 Å². The van der Waals surface area contributed by atoms with E-state index in [0.29, 0.717) is 23.2 Å². The second-order valence-electron chi connectivity index (χ2n) is 7.33. The van der Waals surface area contributed by atoms with Crippen LogP contribution in [0.4, 0.5) is 36.4 Å². The smallest absolute Gasteiger partial charge is 0.421 e. The highest BCUT2D eigenvalue weighted by atomic mass is 32.2. The molecule has 0 amide bonds. The second kappa shape index (κ2) is 9.71. The number of nitrogens with zero attached hydrogens (tertiary/aromatic N) is 4. The Bertz CT molecular complexity index is 1280. The number of halogens is 3. The van der Waals surface area contributed by atoms with Gasteiger partial charge in [0.15, 0.2) is 0 Å². The molecule has 0 saturated heterocycles. The Labute approximate surface area is 195 Å². The zero-order chi connectivity index (χ0) is 25.1. The van der Waals surface area contributed by atoms with E-state index in [9.17, 15) is 21.6 Å². The average Bonchev–Trinajstić information content (AvgIpc) is 2.77. The second-order valence-corrected chi connectivity index (χ2v) is 9.34. The van der Waals surface area contributed by atoms with Crippen LogP contribution in [0.3, 0.4) is 0 Å². The Morgan fingerprint density at radius 2 is 1.91 bits per heavy atom. The van der Waals surface area contributed by atoms with Crippen molar-refractivity contribution in [3.05, 3.63) is 59.4 Å². The first-order valence-corrected chi connectivity index (χ1v) is 11.7. The van der Waals surface area contributed by atoms with Crippen molar-refractivity contribution in [2.45, 2.75) is 19.6 Å². The molecule has 1 aromatic carbocycles. The van der Waals surface area contributed by atoms with Crippen LogP contribution >= 0.6 is 0 Å². The highest BCUT2D eigenvalue weighted by Crippen LogP contribution is 2.35. The Hall–Kier alpha value is -3.61. The average molecular weight is 497 g/mol. The SMILES string of the molecule is COc1ccc(C)c(Nc2ncc(C(F)(F)F)c(NCc3cccnc3N(C)S(C)(=O)=O)n2)c1. The molecule has 0 saturated carbocycles. The van der Waals surface area contributed by atoms with E-state index in [1.165, 1.54) is 20.4 Å². The van der Waals surface area contributed by atoms with Crippen molar-refractivity contribution in [3.63, 3.8) is 0 Å². The number of sulfonamides is 1. The third-order valence-electron chi connectivity index (χ3n) is 4.89. The monoisotopic (exact) mass is 496 g/mol. The molecule has 34 heavy (non-hydrogen) atoms. The highest BCUT2D eigenvalue weighted by Gasteiger charge is 2.35. The maximum absolute atomic E-state index is 13.6. The summed E-state index contributed by atoms with van der Waals surface area (Å²) >= 11 is 0. The van der Waals surface area contributed by atoms with Crippen LogP contribution in [0.2, 0.25) is 0 Å². The molecule has 0 fully saturated rings. The first kappa shape index (κ1) is 25.0. The molecule has 0 radical (unpaired) electrons. The van der Waals surface area contributed by atoms with Gasteiger partial charge in [0.25, 0.3) is 0 Å². The Kier molecular flexibility index (Phi) is 7.15. The molecule has 0 aliphatic carbocycles. The molecular weight excluding hydrogens is 473 g/mol. The van der Waals surface area contributed by atoms with Gasteiger partial charge in [0.05, 0.1) is 13.4 Å². The van der Waals surface area contributed by atoms with Gasteiger partial charge in [-0.05, 0) is 24.6 Å². The fourth-order valence-corrected chi connectivity index (χ4v) is 3.43. The molecule has 0 spiro atoms. The largest absolute Gasteiger partial charge is 0.497 e. The van der Waals surface area contributed by atoms with Crippen molar-refractivity contribution in [2.75, 3.05) is 35.4 Å². The number of hydrogen-bond donors (Lipinski definition) is 2. The lowest BCUT2D eigenvalue weighted by atomic mass is 10.2. The maximum Gasteiger partial charge on any atom is 0.421 e. The minimum atomic E-state index is -4.71. The van der Waals surface area contributed by atoms with E-state index >= 15 is 0 Å². The van der Waals surface area contributed by atoms with Gasteiger partial charge in [-0.2, -0.15) is 18.2 Å². The number of methoxy groups -OCH3 is 1. The van der Waals surface area contributed by atoms with Crippen LogP contribution in [-0.2, 0) is 22.7 Å². The van der Waals surface area contributed by atoms with Gasteiger partial charge in [-0.3, -0.25) is 4.31 Å². The summed E-state index contributed by atoms with van der Waals surface area (Å²) in [5.41, 5.74) is 0.666. The first-order chi connectivity index (χ1) is 15.9. The molecule has 2 aromatic heterocycles. The molecule has 0 aliphatic heterocycles. The third-order valence-corrected chi connectivity index (χ3v) is 6.06. The lowest BCUT2D eigenvalue weighted by molar-refractivity contribution is -0.137. The van der Waals surface area contributed by atoms with E-state index in [-0.39, 0.29) is 18.3 Å². The number of nitrogens with one attached hydrogen (secondary N) is 2. The van der Waals surface area contributed by atoms with E-state index in [2.05, 4.69) is 25.6 Å². The van der Waals surface area contributed by atoms with Crippen LogP contribution in [0.15, 0.2) is 42.7 Å². The summed E-state index contributed by atoms with van der Waals surface area (Å²) in [6.45, 7) is 1.65. The number of ether oxygens (including phenoxy) is 1.